The van der Waals surface area contributed by atoms with Gasteiger partial charge in [-0.1, -0.05) is 13.8 Å². The summed E-state index contributed by atoms with van der Waals surface area (Å²) in [5.41, 5.74) is 1.36. The van der Waals surface area contributed by atoms with E-state index >= 15 is 0 Å². The number of aryl methyl sites for hydroxylation is 1. The molecule has 1 aromatic rings. The minimum absolute atomic E-state index is 0.480. The predicted molar refractivity (Wildman–Crippen MR) is 80.0 cm³/mol. The van der Waals surface area contributed by atoms with Crippen molar-refractivity contribution < 1.29 is 0 Å². The lowest BCUT2D eigenvalue weighted by Crippen LogP contribution is -2.29. The first-order chi connectivity index (χ1) is 9.15. The van der Waals surface area contributed by atoms with Gasteiger partial charge < -0.3 is 5.32 Å². The molecule has 0 aliphatic heterocycles. The third-order valence-electron chi connectivity index (χ3n) is 4.88. The van der Waals surface area contributed by atoms with Crippen LogP contribution in [0.15, 0.2) is 12.4 Å². The lowest BCUT2D eigenvalue weighted by Gasteiger charge is -2.35. The summed E-state index contributed by atoms with van der Waals surface area (Å²) in [6.07, 6.45) is 9.73. The van der Waals surface area contributed by atoms with Crippen molar-refractivity contribution in [3.8, 4) is 0 Å². The molecule has 108 valence electrons. The van der Waals surface area contributed by atoms with E-state index in [1.54, 1.807) is 0 Å². The van der Waals surface area contributed by atoms with Gasteiger partial charge in [-0.05, 0) is 57.4 Å². The molecule has 1 aliphatic carbocycles. The van der Waals surface area contributed by atoms with Crippen molar-refractivity contribution in [2.24, 2.45) is 17.8 Å². The number of nitrogens with zero attached hydrogens (tertiary/aromatic N) is 2. The highest BCUT2D eigenvalue weighted by atomic mass is 15.3. The zero-order valence-electron chi connectivity index (χ0n) is 12.9. The fourth-order valence-corrected chi connectivity index (χ4v) is 3.53. The van der Waals surface area contributed by atoms with Gasteiger partial charge in [-0.3, -0.25) is 4.68 Å². The molecule has 2 rings (SSSR count). The van der Waals surface area contributed by atoms with Gasteiger partial charge in [0.1, 0.15) is 0 Å². The van der Waals surface area contributed by atoms with Crippen LogP contribution >= 0.6 is 0 Å². The summed E-state index contributed by atoms with van der Waals surface area (Å²) in [4.78, 5) is 0. The van der Waals surface area contributed by atoms with Crippen molar-refractivity contribution in [2.45, 2.75) is 59.0 Å². The van der Waals surface area contributed by atoms with Crippen molar-refractivity contribution in [1.82, 2.24) is 15.1 Å². The molecule has 3 nitrogen and oxygen atoms in total. The largest absolute Gasteiger partial charge is 0.313 e. The Balaban J connectivity index is 1.99. The van der Waals surface area contributed by atoms with Gasteiger partial charge in [0, 0.05) is 24.3 Å². The van der Waals surface area contributed by atoms with Crippen LogP contribution in [0.25, 0.3) is 0 Å². The van der Waals surface area contributed by atoms with E-state index in [4.69, 9.17) is 0 Å². The van der Waals surface area contributed by atoms with E-state index in [1.807, 2.05) is 10.9 Å². The van der Waals surface area contributed by atoms with Crippen LogP contribution < -0.4 is 5.32 Å². The van der Waals surface area contributed by atoms with Crippen LogP contribution in [-0.4, -0.2) is 16.8 Å². The zero-order chi connectivity index (χ0) is 13.8. The predicted octanol–water partition coefficient (Wildman–Crippen LogP) is 3.63. The quantitative estimate of drug-likeness (QED) is 0.879. The Morgan fingerprint density at radius 1 is 1.26 bits per heavy atom. The first kappa shape index (κ1) is 14.6. The van der Waals surface area contributed by atoms with E-state index < -0.39 is 0 Å². The summed E-state index contributed by atoms with van der Waals surface area (Å²) in [6, 6.07) is 0.480. The van der Waals surface area contributed by atoms with Crippen molar-refractivity contribution >= 4 is 0 Å². The second-order valence-corrected chi connectivity index (χ2v) is 6.31. The minimum atomic E-state index is 0.480. The second-order valence-electron chi connectivity index (χ2n) is 6.31. The van der Waals surface area contributed by atoms with E-state index in [0.29, 0.717) is 6.04 Å². The van der Waals surface area contributed by atoms with Gasteiger partial charge in [0.15, 0.2) is 0 Å². The summed E-state index contributed by atoms with van der Waals surface area (Å²) in [7, 11) is 2.09. The summed E-state index contributed by atoms with van der Waals surface area (Å²) in [5, 5.41) is 7.93. The van der Waals surface area contributed by atoms with E-state index in [1.165, 1.54) is 31.2 Å². The van der Waals surface area contributed by atoms with Crippen LogP contribution in [-0.2, 0) is 6.54 Å². The van der Waals surface area contributed by atoms with Crippen LogP contribution in [0, 0.1) is 17.8 Å². The number of nitrogens with one attached hydrogen (secondary N) is 1. The molecule has 0 spiro atoms. The molecular formula is C16H29N3. The molecule has 0 aromatic carbocycles. The molecule has 1 atom stereocenters. The van der Waals surface area contributed by atoms with Crippen molar-refractivity contribution in [2.75, 3.05) is 7.05 Å². The summed E-state index contributed by atoms with van der Waals surface area (Å²) in [6.45, 7) is 7.83. The topological polar surface area (TPSA) is 29.9 Å². The molecule has 1 aliphatic rings. The highest BCUT2D eigenvalue weighted by Crippen LogP contribution is 2.39. The lowest BCUT2D eigenvalue weighted by atomic mass is 9.74. The van der Waals surface area contributed by atoms with Crippen LogP contribution in [0.1, 0.15) is 58.1 Å². The second kappa shape index (κ2) is 6.56. The maximum absolute atomic E-state index is 4.42. The first-order valence-corrected chi connectivity index (χ1v) is 7.85. The Kier molecular flexibility index (Phi) is 5.03. The van der Waals surface area contributed by atoms with Gasteiger partial charge in [0.2, 0.25) is 0 Å². The molecule has 1 N–H and O–H groups in total. The van der Waals surface area contributed by atoms with E-state index in [0.717, 1.165) is 24.3 Å². The number of hydrogen-bond donors (Lipinski definition) is 1. The summed E-state index contributed by atoms with van der Waals surface area (Å²) in [5.74, 6) is 2.55. The van der Waals surface area contributed by atoms with Crippen molar-refractivity contribution in [3.05, 3.63) is 18.0 Å². The normalized spacial score (nSPS) is 25.7. The molecule has 0 bridgehead atoms. The molecule has 1 fully saturated rings. The SMILES string of the molecule is CCn1cc(C(NC)C2CCC(C(C)C)CC2)cn1. The first-order valence-electron chi connectivity index (χ1n) is 7.85. The minimum Gasteiger partial charge on any atom is -0.313 e. The standard InChI is InChI=1S/C16H29N3/c1-5-19-11-15(10-18-19)16(17-4)14-8-6-13(7-9-14)12(2)3/h10-14,16-17H,5-9H2,1-4H3. The average Bonchev–Trinajstić information content (AvgIpc) is 2.89. The van der Waals surface area contributed by atoms with E-state index in [9.17, 15) is 0 Å². The fourth-order valence-electron chi connectivity index (χ4n) is 3.53. The number of rotatable bonds is 5. The lowest BCUT2D eigenvalue weighted by molar-refractivity contribution is 0.192. The maximum atomic E-state index is 4.42. The maximum Gasteiger partial charge on any atom is 0.0537 e. The Bertz CT molecular complexity index is 375. The highest BCUT2D eigenvalue weighted by Gasteiger charge is 2.29. The average molecular weight is 263 g/mol. The molecule has 1 aromatic heterocycles. The van der Waals surface area contributed by atoms with Gasteiger partial charge in [0.25, 0.3) is 0 Å². The van der Waals surface area contributed by atoms with Crippen LogP contribution in [0.2, 0.25) is 0 Å². The Hall–Kier alpha value is -0.830. The Morgan fingerprint density at radius 3 is 2.37 bits per heavy atom. The molecule has 0 amide bonds. The van der Waals surface area contributed by atoms with Crippen molar-refractivity contribution in [1.29, 1.82) is 0 Å². The van der Waals surface area contributed by atoms with Gasteiger partial charge in [-0.25, -0.2) is 0 Å². The zero-order valence-corrected chi connectivity index (χ0v) is 12.9. The molecule has 0 radical (unpaired) electrons. The van der Waals surface area contributed by atoms with Crippen molar-refractivity contribution in [3.63, 3.8) is 0 Å². The molecule has 1 saturated carbocycles. The molecule has 19 heavy (non-hydrogen) atoms. The van der Waals surface area contributed by atoms with Gasteiger partial charge in [-0.2, -0.15) is 5.10 Å². The van der Waals surface area contributed by atoms with Crippen LogP contribution in [0.3, 0.4) is 0 Å². The summed E-state index contributed by atoms with van der Waals surface area (Å²) < 4.78 is 2.03. The fraction of sp³-hybridized carbons (Fsp3) is 0.812. The van der Waals surface area contributed by atoms with Gasteiger partial charge >= 0.3 is 0 Å². The third-order valence-corrected chi connectivity index (χ3v) is 4.88. The van der Waals surface area contributed by atoms with E-state index in [2.05, 4.69) is 44.4 Å². The van der Waals surface area contributed by atoms with Gasteiger partial charge in [0.05, 0.1) is 6.20 Å². The van der Waals surface area contributed by atoms with E-state index in [-0.39, 0.29) is 0 Å². The van der Waals surface area contributed by atoms with Gasteiger partial charge in [-0.15, -0.1) is 0 Å². The van der Waals surface area contributed by atoms with Crippen LogP contribution in [0.4, 0.5) is 0 Å². The number of hydrogen-bond acceptors (Lipinski definition) is 2. The molecule has 0 saturated heterocycles. The molecule has 1 unspecified atom stereocenters. The molecule has 3 heteroatoms. The highest BCUT2D eigenvalue weighted by molar-refractivity contribution is 5.12. The smallest absolute Gasteiger partial charge is 0.0537 e. The molecule has 1 heterocycles. The molecular weight excluding hydrogens is 234 g/mol. The Morgan fingerprint density at radius 2 is 1.89 bits per heavy atom. The number of aromatic nitrogens is 2. The Labute approximate surface area is 117 Å². The monoisotopic (exact) mass is 263 g/mol. The third kappa shape index (κ3) is 3.38. The summed E-state index contributed by atoms with van der Waals surface area (Å²) >= 11 is 0. The van der Waals surface area contributed by atoms with Crippen LogP contribution in [0.5, 0.6) is 0 Å².